The number of anilines is 1. The standard InChI is InChI=1S/C23H18Br2ClN3O4/c24-18-7-15(8-19(25)23(18)31-12-14-1-3-16(26)4-2-14)10-28-29-22(30)11-27-17-5-6-20-21(9-17)33-13-32-20/h1-10,27H,11-13H2,(H,29,30)/b28-10-. The lowest BCUT2D eigenvalue weighted by atomic mass is 10.2. The van der Waals surface area contributed by atoms with Crippen LogP contribution >= 0.6 is 43.5 Å². The van der Waals surface area contributed by atoms with Gasteiger partial charge in [0, 0.05) is 16.8 Å². The number of hydrogen-bond donors (Lipinski definition) is 2. The van der Waals surface area contributed by atoms with Crippen molar-refractivity contribution in [2.24, 2.45) is 5.10 Å². The molecule has 1 aliphatic rings. The summed E-state index contributed by atoms with van der Waals surface area (Å²) < 4.78 is 18.0. The van der Waals surface area contributed by atoms with Gasteiger partial charge in [-0.25, -0.2) is 5.43 Å². The maximum absolute atomic E-state index is 12.1. The molecule has 3 aromatic rings. The molecule has 170 valence electrons. The molecule has 0 unspecified atom stereocenters. The summed E-state index contributed by atoms with van der Waals surface area (Å²) in [6, 6.07) is 16.6. The van der Waals surface area contributed by atoms with Crippen LogP contribution in [0.3, 0.4) is 0 Å². The van der Waals surface area contributed by atoms with Crippen LogP contribution in [0.2, 0.25) is 5.02 Å². The molecule has 33 heavy (non-hydrogen) atoms. The molecule has 0 radical (unpaired) electrons. The maximum atomic E-state index is 12.1. The zero-order valence-corrected chi connectivity index (χ0v) is 21.0. The molecule has 3 aromatic carbocycles. The van der Waals surface area contributed by atoms with Crippen LogP contribution in [-0.4, -0.2) is 25.5 Å². The highest BCUT2D eigenvalue weighted by Crippen LogP contribution is 2.35. The molecule has 0 spiro atoms. The lowest BCUT2D eigenvalue weighted by Gasteiger charge is -2.11. The number of halogens is 3. The van der Waals surface area contributed by atoms with Crippen molar-refractivity contribution in [1.29, 1.82) is 0 Å². The second-order valence-corrected chi connectivity index (χ2v) is 9.09. The van der Waals surface area contributed by atoms with Crippen molar-refractivity contribution < 1.29 is 19.0 Å². The second kappa shape index (κ2) is 10.9. The first-order valence-corrected chi connectivity index (χ1v) is 11.8. The summed E-state index contributed by atoms with van der Waals surface area (Å²) in [5.74, 6) is 1.72. The molecule has 0 atom stereocenters. The van der Waals surface area contributed by atoms with E-state index in [1.54, 1.807) is 18.3 Å². The van der Waals surface area contributed by atoms with Gasteiger partial charge in [-0.3, -0.25) is 4.79 Å². The predicted octanol–water partition coefficient (Wildman–Crippen LogP) is 5.73. The van der Waals surface area contributed by atoms with Gasteiger partial charge >= 0.3 is 0 Å². The molecule has 7 nitrogen and oxygen atoms in total. The first-order chi connectivity index (χ1) is 16.0. The quantitative estimate of drug-likeness (QED) is 0.257. The van der Waals surface area contributed by atoms with E-state index in [2.05, 4.69) is 47.7 Å². The normalized spacial score (nSPS) is 12.1. The average Bonchev–Trinajstić information content (AvgIpc) is 3.26. The van der Waals surface area contributed by atoms with Crippen LogP contribution < -0.4 is 25.0 Å². The topological polar surface area (TPSA) is 81.2 Å². The minimum Gasteiger partial charge on any atom is -0.487 e. The van der Waals surface area contributed by atoms with Crippen LogP contribution in [0.1, 0.15) is 11.1 Å². The third-order valence-electron chi connectivity index (χ3n) is 4.55. The highest BCUT2D eigenvalue weighted by molar-refractivity contribution is 9.11. The number of ether oxygens (including phenoxy) is 3. The molecule has 2 N–H and O–H groups in total. The van der Waals surface area contributed by atoms with Gasteiger partial charge in [0.1, 0.15) is 12.4 Å². The number of hydrazone groups is 1. The maximum Gasteiger partial charge on any atom is 0.259 e. The van der Waals surface area contributed by atoms with Gasteiger partial charge in [0.15, 0.2) is 11.5 Å². The number of rotatable bonds is 8. The van der Waals surface area contributed by atoms with E-state index in [-0.39, 0.29) is 19.2 Å². The molecule has 1 amide bonds. The van der Waals surface area contributed by atoms with E-state index in [1.807, 2.05) is 42.5 Å². The summed E-state index contributed by atoms with van der Waals surface area (Å²) in [5.41, 5.74) is 5.02. The monoisotopic (exact) mass is 593 g/mol. The Bertz CT molecular complexity index is 1170. The van der Waals surface area contributed by atoms with Crippen molar-refractivity contribution in [3.8, 4) is 17.2 Å². The zero-order chi connectivity index (χ0) is 23.2. The highest BCUT2D eigenvalue weighted by atomic mass is 79.9. The summed E-state index contributed by atoms with van der Waals surface area (Å²) >= 11 is 13.0. The summed E-state index contributed by atoms with van der Waals surface area (Å²) in [5, 5.41) is 7.72. The molecule has 1 aliphatic heterocycles. The van der Waals surface area contributed by atoms with Crippen LogP contribution in [0.5, 0.6) is 17.2 Å². The van der Waals surface area contributed by atoms with Gasteiger partial charge in [-0.2, -0.15) is 5.10 Å². The molecule has 0 saturated heterocycles. The largest absolute Gasteiger partial charge is 0.487 e. The number of hydrogen-bond acceptors (Lipinski definition) is 6. The lowest BCUT2D eigenvalue weighted by molar-refractivity contribution is -0.119. The van der Waals surface area contributed by atoms with Gasteiger partial charge in [-0.05, 0) is 79.4 Å². The molecule has 0 fully saturated rings. The number of nitrogens with zero attached hydrogens (tertiary/aromatic N) is 1. The SMILES string of the molecule is O=C(CNc1ccc2c(c1)OCO2)N/N=C\c1cc(Br)c(OCc2ccc(Cl)cc2)c(Br)c1. The molecule has 0 bridgehead atoms. The fraction of sp³-hybridized carbons (Fsp3) is 0.130. The molecule has 0 aliphatic carbocycles. The fourth-order valence-electron chi connectivity index (χ4n) is 2.94. The lowest BCUT2D eigenvalue weighted by Crippen LogP contribution is -2.25. The van der Waals surface area contributed by atoms with Gasteiger partial charge in [0.05, 0.1) is 21.7 Å². The fourth-order valence-corrected chi connectivity index (χ4v) is 4.51. The van der Waals surface area contributed by atoms with Crippen LogP contribution in [0.4, 0.5) is 5.69 Å². The van der Waals surface area contributed by atoms with Crippen molar-refractivity contribution in [3.05, 3.63) is 79.7 Å². The first-order valence-electron chi connectivity index (χ1n) is 9.79. The van der Waals surface area contributed by atoms with E-state index in [0.717, 1.165) is 25.8 Å². The van der Waals surface area contributed by atoms with Crippen molar-refractivity contribution in [2.75, 3.05) is 18.7 Å². The first kappa shape index (κ1) is 23.4. The van der Waals surface area contributed by atoms with E-state index in [9.17, 15) is 4.79 Å². The number of carbonyl (C=O) groups is 1. The van der Waals surface area contributed by atoms with Crippen LogP contribution in [0, 0.1) is 0 Å². The highest BCUT2D eigenvalue weighted by Gasteiger charge is 2.13. The third-order valence-corrected chi connectivity index (χ3v) is 5.98. The molecule has 10 heteroatoms. The second-order valence-electron chi connectivity index (χ2n) is 6.94. The average molecular weight is 596 g/mol. The number of amides is 1. The van der Waals surface area contributed by atoms with Gasteiger partial charge in [-0.1, -0.05) is 23.7 Å². The van der Waals surface area contributed by atoms with Crippen molar-refractivity contribution in [2.45, 2.75) is 6.61 Å². The molecule has 1 heterocycles. The minimum atomic E-state index is -0.287. The Balaban J connectivity index is 1.28. The summed E-state index contributed by atoms with van der Waals surface area (Å²) in [6.07, 6.45) is 1.55. The zero-order valence-electron chi connectivity index (χ0n) is 17.1. The van der Waals surface area contributed by atoms with E-state index >= 15 is 0 Å². The molecule has 0 saturated carbocycles. The Hall–Kier alpha value is -2.75. The summed E-state index contributed by atoms with van der Waals surface area (Å²) in [4.78, 5) is 12.1. The van der Waals surface area contributed by atoms with Gasteiger partial charge in [0.25, 0.3) is 5.91 Å². The predicted molar refractivity (Wildman–Crippen MR) is 134 cm³/mol. The number of benzene rings is 3. The molecular weight excluding hydrogens is 578 g/mol. The Morgan fingerprint density at radius 1 is 1.06 bits per heavy atom. The van der Waals surface area contributed by atoms with Crippen LogP contribution in [0.15, 0.2) is 68.6 Å². The number of carbonyl (C=O) groups excluding carboxylic acids is 1. The van der Waals surface area contributed by atoms with Gasteiger partial charge < -0.3 is 19.5 Å². The van der Waals surface area contributed by atoms with Crippen LogP contribution in [0.25, 0.3) is 0 Å². The van der Waals surface area contributed by atoms with E-state index < -0.39 is 0 Å². The third kappa shape index (κ3) is 6.40. The van der Waals surface area contributed by atoms with Crippen LogP contribution in [-0.2, 0) is 11.4 Å². The van der Waals surface area contributed by atoms with Gasteiger partial charge in [0.2, 0.25) is 6.79 Å². The molecule has 0 aromatic heterocycles. The molecule has 4 rings (SSSR count). The van der Waals surface area contributed by atoms with E-state index in [1.165, 1.54) is 0 Å². The number of nitrogens with one attached hydrogen (secondary N) is 2. The number of fused-ring (bicyclic) bond motifs is 1. The minimum absolute atomic E-state index is 0.0574. The Morgan fingerprint density at radius 2 is 1.79 bits per heavy atom. The summed E-state index contributed by atoms with van der Waals surface area (Å²) in [7, 11) is 0. The van der Waals surface area contributed by atoms with E-state index in [0.29, 0.717) is 28.9 Å². The smallest absolute Gasteiger partial charge is 0.259 e. The summed E-state index contributed by atoms with van der Waals surface area (Å²) in [6.45, 7) is 0.658. The molecular formula is C23H18Br2ClN3O4. The van der Waals surface area contributed by atoms with Crippen molar-refractivity contribution in [1.82, 2.24) is 5.43 Å². The van der Waals surface area contributed by atoms with E-state index in [4.69, 9.17) is 25.8 Å². The van der Waals surface area contributed by atoms with Gasteiger partial charge in [-0.15, -0.1) is 0 Å². The Morgan fingerprint density at radius 3 is 2.55 bits per heavy atom. The van der Waals surface area contributed by atoms with Crippen molar-refractivity contribution >= 4 is 61.3 Å². The Labute approximate surface area is 212 Å². The van der Waals surface area contributed by atoms with Crippen molar-refractivity contribution in [3.63, 3.8) is 0 Å². The Kier molecular flexibility index (Phi) is 7.74.